The van der Waals surface area contributed by atoms with Crippen LogP contribution >= 0.6 is 0 Å². The molecule has 0 saturated carbocycles. The molecule has 7 saturated heterocycles. The minimum absolute atomic E-state index is 0.150. The second-order valence-corrected chi connectivity index (χ2v) is 35.9. The molecule has 7 heterocycles. The smallest absolute Gasteiger partial charge is 0.220 e. The highest BCUT2D eigenvalue weighted by molar-refractivity contribution is 5.76. The highest BCUT2D eigenvalue weighted by atomic mass is 16.8. The third kappa shape index (κ3) is 34.8. The average Bonchev–Trinajstić information content (AvgIpc) is 0.780. The molecule has 40 heteroatoms. The fourth-order valence-corrected chi connectivity index (χ4v) is 17.6. The summed E-state index contributed by atoms with van der Waals surface area (Å²) >= 11 is 0. The van der Waals surface area contributed by atoms with Crippen LogP contribution in [0.3, 0.4) is 0 Å². The largest absolute Gasteiger partial charge is 0.394 e. The molecule has 130 heavy (non-hydrogen) atoms. The lowest BCUT2D eigenvalue weighted by atomic mass is 9.93. The molecule has 0 aromatic rings. The van der Waals surface area contributed by atoms with Crippen LogP contribution in [0.25, 0.3) is 0 Å². The molecular formula is C90H161N3O37. The van der Waals surface area contributed by atoms with E-state index in [0.29, 0.717) is 12.8 Å². The minimum Gasteiger partial charge on any atom is -0.394 e. The number of nitrogens with one attached hydrogen (secondary N) is 3. The predicted octanol–water partition coefficient (Wildman–Crippen LogP) is -0.675. The van der Waals surface area contributed by atoms with Crippen molar-refractivity contribution in [2.75, 3.05) is 46.2 Å². The van der Waals surface area contributed by atoms with Gasteiger partial charge in [-0.3, -0.25) is 14.4 Å². The topological polar surface area (TPSA) is 621 Å². The van der Waals surface area contributed by atoms with Crippen molar-refractivity contribution >= 4 is 17.7 Å². The maximum absolute atomic E-state index is 13.7. The second-order valence-electron chi connectivity index (χ2n) is 35.9. The summed E-state index contributed by atoms with van der Waals surface area (Å²) in [5, 5.41) is 233. The van der Waals surface area contributed by atoms with Crippen molar-refractivity contribution < 1.29 is 183 Å². The van der Waals surface area contributed by atoms with E-state index in [0.717, 1.165) is 71.6 Å². The molecule has 0 radical (unpaired) electrons. The summed E-state index contributed by atoms with van der Waals surface area (Å²) in [4.78, 5) is 40.3. The number of hydrogen-bond acceptors (Lipinski definition) is 37. The van der Waals surface area contributed by atoms with Gasteiger partial charge in [-0.25, -0.2) is 0 Å². The number of rotatable bonds is 61. The number of amides is 3. The lowest BCUT2D eigenvalue weighted by Crippen LogP contribution is -2.72. The Labute approximate surface area is 763 Å². The van der Waals surface area contributed by atoms with Crippen molar-refractivity contribution in [3.05, 3.63) is 24.3 Å². The fraction of sp³-hybridized carbons (Fsp3) is 0.922. The summed E-state index contributed by atoms with van der Waals surface area (Å²) < 4.78 is 84.7. The van der Waals surface area contributed by atoms with Crippen molar-refractivity contribution in [1.82, 2.24) is 16.0 Å². The van der Waals surface area contributed by atoms with Crippen LogP contribution in [-0.4, -0.2) is 393 Å². The third-order valence-electron chi connectivity index (χ3n) is 25.5. The molecule has 7 aliphatic rings. The summed E-state index contributed by atoms with van der Waals surface area (Å²) in [7, 11) is 0. The Morgan fingerprint density at radius 2 is 0.631 bits per heavy atom. The van der Waals surface area contributed by atoms with E-state index in [4.69, 9.17) is 66.3 Å². The lowest BCUT2D eigenvalue weighted by molar-refractivity contribution is -0.397. The Morgan fingerprint density at radius 3 is 1.07 bits per heavy atom. The normalized spacial score (nSPS) is 37.3. The standard InChI is InChI=1S/C90H161N3O37/c1-6-8-10-12-14-16-18-20-21-22-23-24-25-26-27-28-29-31-33-35-37-39-41-43-62(103)93-54(55(102)42-40-38-36-34-32-30-19-17-15-13-11-9-7-2)50-117-86-75(114)72(111)78(60(48-98)124-86)125-89-76(115)82(68(107)58(46-96)121-89)130-85-64(92-53(5)101)81(128-87-73(112)70(109)65(104)51(3)118-87)79(61(49-99)123-85)126-90-77(116)83(69(108)59(47-97)122-90)129-84-63(91-52(4)100)80(67(106)57(45-95)119-84)127-88-74(113)71(110)66(105)56(44-94)120-88/h20-21,40,42,51,54-61,63-90,94-99,102,104-116H,6-19,22-39,41,43-50H2,1-5H3,(H,91,100)(H,92,101)(H,93,103)/b21-20-,42-40+/t51?,54-,55+,56?,57?,58?,59?,60?,61?,63?,64?,65+,66-,67+,68-,69-,70?,71-,72+,73-,74?,75?,76?,77?,78+,79+,80+,81+,82-,83-,84-,85-,86+,87+,88-,89-,90-/m0/s1. The van der Waals surface area contributed by atoms with Crippen LogP contribution in [0.2, 0.25) is 0 Å². The first-order valence-corrected chi connectivity index (χ1v) is 48.0. The fourth-order valence-electron chi connectivity index (χ4n) is 17.6. The van der Waals surface area contributed by atoms with Gasteiger partial charge in [0.15, 0.2) is 44.0 Å². The van der Waals surface area contributed by atoms with Crippen LogP contribution in [-0.2, 0) is 80.7 Å². The van der Waals surface area contributed by atoms with Gasteiger partial charge in [-0.1, -0.05) is 205 Å². The quantitative estimate of drug-likeness (QED) is 0.0265. The molecular weight excluding hydrogens is 1710 g/mol. The zero-order valence-electron chi connectivity index (χ0n) is 76.5. The van der Waals surface area contributed by atoms with Crippen LogP contribution < -0.4 is 16.0 Å². The molecule has 40 nitrogen and oxygen atoms in total. The molecule has 0 bridgehead atoms. The van der Waals surface area contributed by atoms with Gasteiger partial charge in [-0.15, -0.1) is 0 Å². The Hall–Kier alpha value is -3.47. The zero-order valence-corrected chi connectivity index (χ0v) is 76.5. The third-order valence-corrected chi connectivity index (χ3v) is 25.5. The van der Waals surface area contributed by atoms with Crippen LogP contribution in [0.1, 0.15) is 253 Å². The number of aliphatic hydroxyl groups excluding tert-OH is 20. The van der Waals surface area contributed by atoms with Crippen molar-refractivity contribution in [3.8, 4) is 0 Å². The van der Waals surface area contributed by atoms with Gasteiger partial charge in [0.1, 0.15) is 165 Å². The highest BCUT2D eigenvalue weighted by Crippen LogP contribution is 2.40. The molecule has 0 aliphatic carbocycles. The van der Waals surface area contributed by atoms with Gasteiger partial charge in [-0.05, 0) is 51.9 Å². The van der Waals surface area contributed by atoms with Crippen molar-refractivity contribution in [2.24, 2.45) is 0 Å². The molecule has 0 spiro atoms. The van der Waals surface area contributed by atoms with Crippen molar-refractivity contribution in [2.45, 2.75) is 480 Å². The summed E-state index contributed by atoms with van der Waals surface area (Å²) in [5.74, 6) is -2.19. The van der Waals surface area contributed by atoms with E-state index in [-0.39, 0.29) is 12.3 Å². The SMILES string of the molecule is CCCCCCCC/C=C\CCCCCCCCCCCCCCCC(=O)N[C@@H](CO[C@@H]1OC(CO)[C@@H](O[C@@H]2OC(CO)[C@H](O)[C@H](O[C@@H]3OC(CO)[C@@H](O[C@@H]4OC(CO)[C@H](O)[C@H](O[C@@H]5OC(CO)[C@@H](O)[C@H](O[C@@H]6OC(CO)[C@H](O)[C@H](O)C6O)C5NC(C)=O)C4O)[C@H](O[C@H]4OC(C)[C@@H](O)C(O)[C@@H]4O)C3NC(C)=O)C2O)[C@H](O)C1O)[C@H](O)/C=C/CCCCCCCCCCCCC. The van der Waals surface area contributed by atoms with Crippen LogP contribution in [0.15, 0.2) is 24.3 Å². The Bertz CT molecular complexity index is 3110. The lowest BCUT2D eigenvalue weighted by Gasteiger charge is -2.52. The van der Waals surface area contributed by atoms with Crippen LogP contribution in [0.5, 0.6) is 0 Å². The number of ether oxygens (including phenoxy) is 14. The number of aliphatic hydroxyl groups is 20. The van der Waals surface area contributed by atoms with E-state index in [1.165, 1.54) is 148 Å². The van der Waals surface area contributed by atoms with Gasteiger partial charge >= 0.3 is 0 Å². The Kier molecular flexibility index (Phi) is 53.3. The van der Waals surface area contributed by atoms with E-state index < -0.39 is 285 Å². The van der Waals surface area contributed by atoms with Gasteiger partial charge in [0.2, 0.25) is 17.7 Å². The maximum Gasteiger partial charge on any atom is 0.220 e. The monoisotopic (exact) mass is 1880 g/mol. The average molecular weight is 1880 g/mol. The molecule has 23 N–H and O–H groups in total. The minimum atomic E-state index is -2.37. The maximum atomic E-state index is 13.7. The molecule has 7 aliphatic heterocycles. The van der Waals surface area contributed by atoms with Crippen LogP contribution in [0, 0.1) is 0 Å². The van der Waals surface area contributed by atoms with Crippen molar-refractivity contribution in [1.29, 1.82) is 0 Å². The van der Waals surface area contributed by atoms with Crippen LogP contribution in [0.4, 0.5) is 0 Å². The summed E-state index contributed by atoms with van der Waals surface area (Å²) in [6, 6.07) is -4.89. The first-order chi connectivity index (χ1) is 62.5. The molecule has 758 valence electrons. The number of allylic oxidation sites excluding steroid dienone is 3. The summed E-state index contributed by atoms with van der Waals surface area (Å²) in [6.45, 7) is 0.892. The summed E-state index contributed by atoms with van der Waals surface area (Å²) in [6.07, 6.45) is -20.5. The van der Waals surface area contributed by atoms with Gasteiger partial charge in [-0.2, -0.15) is 0 Å². The number of hydrogen-bond donors (Lipinski definition) is 23. The first-order valence-electron chi connectivity index (χ1n) is 48.0. The second kappa shape index (κ2) is 61.1. The van der Waals surface area contributed by atoms with E-state index >= 15 is 0 Å². The molecule has 3 amide bonds. The zero-order chi connectivity index (χ0) is 94.9. The summed E-state index contributed by atoms with van der Waals surface area (Å²) in [5.41, 5.74) is 0. The molecule has 7 rings (SSSR count). The highest BCUT2D eigenvalue weighted by Gasteiger charge is 2.60. The van der Waals surface area contributed by atoms with Gasteiger partial charge < -0.3 is 184 Å². The molecule has 0 aromatic carbocycles. The van der Waals surface area contributed by atoms with Gasteiger partial charge in [0.05, 0.1) is 64.5 Å². The van der Waals surface area contributed by atoms with Crippen molar-refractivity contribution in [3.63, 3.8) is 0 Å². The molecule has 14 unspecified atom stereocenters. The Morgan fingerprint density at radius 1 is 0.315 bits per heavy atom. The number of carbonyl (C=O) groups excluding carboxylic acids is 3. The first kappa shape index (κ1) is 114. The number of unbranched alkanes of at least 4 members (excludes halogenated alkanes) is 30. The number of carbonyl (C=O) groups is 3. The van der Waals surface area contributed by atoms with E-state index in [9.17, 15) is 117 Å². The molecule has 37 atom stereocenters. The predicted molar refractivity (Wildman–Crippen MR) is 462 cm³/mol. The van der Waals surface area contributed by atoms with E-state index in [2.05, 4.69) is 41.9 Å². The Balaban J connectivity index is 1.02. The van der Waals surface area contributed by atoms with E-state index in [1.54, 1.807) is 6.08 Å². The van der Waals surface area contributed by atoms with E-state index in [1.807, 2.05) is 6.08 Å². The molecule has 0 aromatic heterocycles. The van der Waals surface area contributed by atoms with Gasteiger partial charge in [0.25, 0.3) is 0 Å². The van der Waals surface area contributed by atoms with Gasteiger partial charge in [0, 0.05) is 20.3 Å². The molecule has 7 fully saturated rings.